The molecule has 194 valence electrons. The number of imidazole rings is 1. The van der Waals surface area contributed by atoms with Crippen LogP contribution in [-0.2, 0) is 16.1 Å². The van der Waals surface area contributed by atoms with E-state index < -0.39 is 17.8 Å². The largest absolute Gasteiger partial charge is 0.370 e. The number of amides is 4. The van der Waals surface area contributed by atoms with E-state index >= 15 is 0 Å². The molecule has 2 aromatic carbocycles. The molecule has 4 amide bonds. The summed E-state index contributed by atoms with van der Waals surface area (Å²) in [6.07, 6.45) is 0.365. The zero-order valence-corrected chi connectivity index (χ0v) is 21.3. The van der Waals surface area contributed by atoms with Crippen molar-refractivity contribution >= 4 is 46.2 Å². The van der Waals surface area contributed by atoms with Gasteiger partial charge < -0.3 is 20.5 Å². The first-order chi connectivity index (χ1) is 17.4. The van der Waals surface area contributed by atoms with Gasteiger partial charge in [0.1, 0.15) is 5.82 Å². The fraction of sp³-hybridized carbons (Fsp3) is 0.346. The lowest BCUT2D eigenvalue weighted by atomic mass is 9.91. The molecule has 11 heteroatoms. The lowest BCUT2D eigenvalue weighted by Crippen LogP contribution is -2.33. The van der Waals surface area contributed by atoms with Crippen LogP contribution in [0.3, 0.4) is 0 Å². The number of primary amides is 1. The zero-order valence-electron chi connectivity index (χ0n) is 21.3. The Morgan fingerprint density at radius 2 is 1.89 bits per heavy atom. The molecule has 0 saturated carbocycles. The number of urea groups is 1. The van der Waals surface area contributed by atoms with Gasteiger partial charge in [0.25, 0.3) is 0 Å². The van der Waals surface area contributed by atoms with Crippen LogP contribution >= 0.6 is 0 Å². The summed E-state index contributed by atoms with van der Waals surface area (Å²) >= 11 is 0. The molecule has 10 nitrogen and oxygen atoms in total. The van der Waals surface area contributed by atoms with Gasteiger partial charge in [0.2, 0.25) is 17.8 Å². The maximum absolute atomic E-state index is 14.2. The standard InChI is InChI=1S/C26H30FN7O3/c1-5-33(23(36)14-26(2,3)4)17-7-9-21-20(13-17)30-24(34(21)11-10-22(29)35)32-25(37)31-19-8-6-16(15-28)12-18(19)27/h6-9,12-13H,5,10-11,14H2,1-4H3,(H2,29,35)(H2,30,31,32,37). The van der Waals surface area contributed by atoms with E-state index in [0.29, 0.717) is 29.7 Å². The predicted octanol–water partition coefficient (Wildman–Crippen LogP) is 4.36. The van der Waals surface area contributed by atoms with Gasteiger partial charge in [0.15, 0.2) is 0 Å². The molecule has 3 aromatic rings. The van der Waals surface area contributed by atoms with E-state index in [1.54, 1.807) is 27.7 Å². The van der Waals surface area contributed by atoms with Crippen molar-refractivity contribution in [1.29, 1.82) is 5.26 Å². The number of aromatic nitrogens is 2. The molecule has 0 unspecified atom stereocenters. The lowest BCUT2D eigenvalue weighted by molar-refractivity contribution is -0.120. The molecule has 0 spiro atoms. The second-order valence-electron chi connectivity index (χ2n) is 9.74. The van der Waals surface area contributed by atoms with Crippen LogP contribution in [0.4, 0.5) is 26.5 Å². The molecule has 1 heterocycles. The lowest BCUT2D eigenvalue weighted by Gasteiger charge is -2.25. The van der Waals surface area contributed by atoms with Gasteiger partial charge in [-0.1, -0.05) is 20.8 Å². The number of carbonyl (C=O) groups is 3. The molecule has 0 bridgehead atoms. The van der Waals surface area contributed by atoms with Gasteiger partial charge in [0.05, 0.1) is 28.4 Å². The summed E-state index contributed by atoms with van der Waals surface area (Å²) < 4.78 is 15.8. The van der Waals surface area contributed by atoms with Gasteiger partial charge in [-0.05, 0) is 48.7 Å². The molecule has 3 rings (SSSR count). The average Bonchev–Trinajstić information content (AvgIpc) is 3.14. The number of rotatable bonds is 8. The van der Waals surface area contributed by atoms with Crippen LogP contribution in [0.25, 0.3) is 11.0 Å². The van der Waals surface area contributed by atoms with Crippen LogP contribution in [0, 0.1) is 22.6 Å². The van der Waals surface area contributed by atoms with Crippen molar-refractivity contribution in [3.05, 3.63) is 47.8 Å². The number of nitrogens with two attached hydrogens (primary N) is 1. The third kappa shape index (κ3) is 6.82. The molecule has 0 radical (unpaired) electrons. The van der Waals surface area contributed by atoms with Crippen molar-refractivity contribution in [2.24, 2.45) is 11.1 Å². The molecule has 0 aliphatic carbocycles. The Kier molecular flexibility index (Phi) is 8.12. The number of fused-ring (bicyclic) bond motifs is 1. The Morgan fingerprint density at radius 1 is 1.16 bits per heavy atom. The van der Waals surface area contributed by atoms with E-state index in [-0.39, 0.29) is 41.5 Å². The van der Waals surface area contributed by atoms with Crippen molar-refractivity contribution in [3.8, 4) is 6.07 Å². The monoisotopic (exact) mass is 507 g/mol. The highest BCUT2D eigenvalue weighted by molar-refractivity contribution is 6.00. The second kappa shape index (κ2) is 11.1. The number of nitrogens with one attached hydrogen (secondary N) is 2. The van der Waals surface area contributed by atoms with Crippen molar-refractivity contribution in [2.75, 3.05) is 22.1 Å². The van der Waals surface area contributed by atoms with E-state index in [9.17, 15) is 18.8 Å². The molecule has 4 N–H and O–H groups in total. The third-order valence-corrected chi connectivity index (χ3v) is 5.50. The first-order valence-electron chi connectivity index (χ1n) is 11.8. The van der Waals surface area contributed by atoms with E-state index in [2.05, 4.69) is 15.6 Å². The summed E-state index contributed by atoms with van der Waals surface area (Å²) in [5.41, 5.74) is 6.92. The number of carbonyl (C=O) groups excluding carboxylic acids is 3. The number of anilines is 3. The Morgan fingerprint density at radius 3 is 2.49 bits per heavy atom. The summed E-state index contributed by atoms with van der Waals surface area (Å²) in [5, 5.41) is 13.9. The Hall–Kier alpha value is -4.46. The number of hydrogen-bond acceptors (Lipinski definition) is 5. The topological polar surface area (TPSA) is 146 Å². The van der Waals surface area contributed by atoms with Crippen molar-refractivity contribution < 1.29 is 18.8 Å². The minimum Gasteiger partial charge on any atom is -0.370 e. The van der Waals surface area contributed by atoms with Crippen LogP contribution in [0.1, 0.15) is 46.1 Å². The van der Waals surface area contributed by atoms with Gasteiger partial charge in [0, 0.05) is 31.6 Å². The summed E-state index contributed by atoms with van der Waals surface area (Å²) in [7, 11) is 0. The maximum Gasteiger partial charge on any atom is 0.326 e. The molecule has 0 fully saturated rings. The van der Waals surface area contributed by atoms with E-state index in [1.165, 1.54) is 12.1 Å². The number of halogens is 1. The fourth-order valence-electron chi connectivity index (χ4n) is 3.82. The molecule has 0 aliphatic rings. The molecule has 0 saturated heterocycles. The number of nitrogens with zero attached hydrogens (tertiary/aromatic N) is 4. The maximum atomic E-state index is 14.2. The van der Waals surface area contributed by atoms with Crippen LogP contribution < -0.4 is 21.3 Å². The van der Waals surface area contributed by atoms with Crippen LogP contribution in [-0.4, -0.2) is 33.9 Å². The first kappa shape index (κ1) is 27.1. The van der Waals surface area contributed by atoms with E-state index in [0.717, 1.165) is 6.07 Å². The Labute approximate surface area is 214 Å². The van der Waals surface area contributed by atoms with Gasteiger partial charge in [-0.15, -0.1) is 0 Å². The molecule has 1 aromatic heterocycles. The molecule has 37 heavy (non-hydrogen) atoms. The highest BCUT2D eigenvalue weighted by atomic mass is 19.1. The van der Waals surface area contributed by atoms with Gasteiger partial charge in [-0.3, -0.25) is 14.9 Å². The van der Waals surface area contributed by atoms with Crippen LogP contribution in [0.15, 0.2) is 36.4 Å². The number of hydrogen-bond donors (Lipinski definition) is 3. The zero-order chi connectivity index (χ0) is 27.3. The normalized spacial score (nSPS) is 11.1. The summed E-state index contributed by atoms with van der Waals surface area (Å²) in [4.78, 5) is 43.2. The predicted molar refractivity (Wildman–Crippen MR) is 139 cm³/mol. The van der Waals surface area contributed by atoms with Crippen molar-refractivity contribution in [1.82, 2.24) is 9.55 Å². The van der Waals surface area contributed by atoms with Crippen molar-refractivity contribution in [3.63, 3.8) is 0 Å². The van der Waals surface area contributed by atoms with Gasteiger partial charge >= 0.3 is 6.03 Å². The summed E-state index contributed by atoms with van der Waals surface area (Å²) in [5.74, 6) is -1.20. The smallest absolute Gasteiger partial charge is 0.326 e. The average molecular weight is 508 g/mol. The molecule has 0 atom stereocenters. The van der Waals surface area contributed by atoms with E-state index in [4.69, 9.17) is 11.0 Å². The minimum absolute atomic E-state index is 0.00108. The fourth-order valence-corrected chi connectivity index (χ4v) is 3.82. The first-order valence-corrected chi connectivity index (χ1v) is 11.8. The van der Waals surface area contributed by atoms with Gasteiger partial charge in [-0.2, -0.15) is 5.26 Å². The SMILES string of the molecule is CCN(C(=O)CC(C)(C)C)c1ccc2c(c1)nc(NC(=O)Nc1ccc(C#N)cc1F)n2CCC(N)=O. The second-order valence-corrected chi connectivity index (χ2v) is 9.74. The van der Waals surface area contributed by atoms with Gasteiger partial charge in [-0.25, -0.2) is 14.2 Å². The Bertz CT molecular complexity index is 1390. The number of benzene rings is 2. The minimum atomic E-state index is -0.769. The van der Waals surface area contributed by atoms with Crippen LogP contribution in [0.5, 0.6) is 0 Å². The highest BCUT2D eigenvalue weighted by Gasteiger charge is 2.23. The summed E-state index contributed by atoms with van der Waals surface area (Å²) in [6.45, 7) is 8.48. The van der Waals surface area contributed by atoms with E-state index in [1.807, 2.05) is 33.8 Å². The number of nitriles is 1. The van der Waals surface area contributed by atoms with Crippen molar-refractivity contribution in [2.45, 2.75) is 47.1 Å². The third-order valence-electron chi connectivity index (χ3n) is 5.50. The molecular formula is C26H30FN7O3. The molecule has 0 aliphatic heterocycles. The summed E-state index contributed by atoms with van der Waals surface area (Å²) in [6, 6.07) is 10.0. The molecular weight excluding hydrogens is 477 g/mol. The quantitative estimate of drug-likeness (QED) is 0.415. The van der Waals surface area contributed by atoms with Crippen LogP contribution in [0.2, 0.25) is 0 Å². The highest BCUT2D eigenvalue weighted by Crippen LogP contribution is 2.28. The Balaban J connectivity index is 1.93. The number of aryl methyl sites for hydroxylation is 1.